The Hall–Kier alpha value is -2.56. The minimum atomic E-state index is 0.0496. The molecule has 1 aromatic heterocycles. The number of fused-ring (bicyclic) bond motifs is 1. The molecule has 0 saturated carbocycles. The van der Waals surface area contributed by atoms with E-state index < -0.39 is 0 Å². The maximum atomic E-state index is 11.4. The minimum absolute atomic E-state index is 0.0496. The Kier molecular flexibility index (Phi) is 3.48. The van der Waals surface area contributed by atoms with Gasteiger partial charge in [-0.25, -0.2) is 0 Å². The second-order valence-electron chi connectivity index (χ2n) is 5.30. The molecular formula is C16H18N4O. The van der Waals surface area contributed by atoms with Crippen LogP contribution in [0.1, 0.15) is 23.1 Å². The summed E-state index contributed by atoms with van der Waals surface area (Å²) in [5, 5.41) is 6.21. The Morgan fingerprint density at radius 1 is 1.38 bits per heavy atom. The van der Waals surface area contributed by atoms with Gasteiger partial charge in [0.05, 0.1) is 11.4 Å². The van der Waals surface area contributed by atoms with E-state index in [-0.39, 0.29) is 5.91 Å². The molecule has 0 unspecified atom stereocenters. The summed E-state index contributed by atoms with van der Waals surface area (Å²) in [7, 11) is 0. The monoisotopic (exact) mass is 282 g/mol. The van der Waals surface area contributed by atoms with Crippen molar-refractivity contribution >= 4 is 23.0 Å². The Labute approximate surface area is 123 Å². The van der Waals surface area contributed by atoms with Crippen LogP contribution in [0, 0.1) is 6.92 Å². The largest absolute Gasteiger partial charge is 0.397 e. The van der Waals surface area contributed by atoms with Crippen molar-refractivity contribution in [2.45, 2.75) is 26.3 Å². The van der Waals surface area contributed by atoms with Crippen LogP contribution in [0.4, 0.5) is 17.1 Å². The van der Waals surface area contributed by atoms with Gasteiger partial charge < -0.3 is 16.4 Å². The van der Waals surface area contributed by atoms with E-state index in [2.05, 4.69) is 22.5 Å². The molecule has 5 heteroatoms. The topological polar surface area (TPSA) is 80.0 Å². The van der Waals surface area contributed by atoms with Gasteiger partial charge in [-0.1, -0.05) is 0 Å². The first kappa shape index (κ1) is 13.4. The van der Waals surface area contributed by atoms with E-state index in [0.29, 0.717) is 18.7 Å². The van der Waals surface area contributed by atoms with Crippen LogP contribution < -0.4 is 16.4 Å². The van der Waals surface area contributed by atoms with Crippen molar-refractivity contribution in [1.82, 2.24) is 4.98 Å². The van der Waals surface area contributed by atoms with Crippen LogP contribution in [0.3, 0.4) is 0 Å². The van der Waals surface area contributed by atoms with Crippen LogP contribution >= 0.6 is 0 Å². The summed E-state index contributed by atoms with van der Waals surface area (Å²) >= 11 is 0. The highest BCUT2D eigenvalue weighted by Gasteiger charge is 2.16. The molecule has 0 bridgehead atoms. The predicted molar refractivity (Wildman–Crippen MR) is 84.1 cm³/mol. The van der Waals surface area contributed by atoms with E-state index in [1.807, 2.05) is 24.4 Å². The normalized spacial score (nSPS) is 13.5. The van der Waals surface area contributed by atoms with E-state index >= 15 is 0 Å². The number of benzene rings is 1. The molecule has 2 aromatic rings. The van der Waals surface area contributed by atoms with Crippen molar-refractivity contribution in [2.24, 2.45) is 0 Å². The predicted octanol–water partition coefficient (Wildman–Crippen LogP) is 2.47. The lowest BCUT2D eigenvalue weighted by Gasteiger charge is -2.20. The van der Waals surface area contributed by atoms with E-state index in [1.54, 1.807) is 6.20 Å². The number of nitrogens with one attached hydrogen (secondary N) is 2. The van der Waals surface area contributed by atoms with Gasteiger partial charge in [0.1, 0.15) is 0 Å². The van der Waals surface area contributed by atoms with Gasteiger partial charge in [0.2, 0.25) is 5.91 Å². The maximum absolute atomic E-state index is 11.4. The zero-order valence-corrected chi connectivity index (χ0v) is 11.9. The quantitative estimate of drug-likeness (QED) is 0.755. The molecule has 0 spiro atoms. The number of aromatic nitrogens is 1. The number of carbonyl (C=O) groups is 1. The van der Waals surface area contributed by atoms with Crippen LogP contribution in [0.2, 0.25) is 0 Å². The number of hydrogen-bond donors (Lipinski definition) is 3. The fourth-order valence-electron chi connectivity index (χ4n) is 2.47. The lowest BCUT2D eigenvalue weighted by atomic mass is 10.0. The van der Waals surface area contributed by atoms with E-state index in [1.165, 1.54) is 5.56 Å². The number of nitrogens with two attached hydrogens (primary N) is 1. The van der Waals surface area contributed by atoms with Crippen LogP contribution in [0.5, 0.6) is 0 Å². The van der Waals surface area contributed by atoms with Crippen LogP contribution in [-0.4, -0.2) is 10.9 Å². The van der Waals surface area contributed by atoms with Gasteiger partial charge >= 0.3 is 0 Å². The number of carbonyl (C=O) groups excluding carboxylic acids is 1. The Morgan fingerprint density at radius 2 is 2.24 bits per heavy atom. The summed E-state index contributed by atoms with van der Waals surface area (Å²) in [6.07, 6.45) is 4.92. The highest BCUT2D eigenvalue weighted by atomic mass is 16.1. The Balaban J connectivity index is 1.80. The Morgan fingerprint density at radius 3 is 3.05 bits per heavy atom. The van der Waals surface area contributed by atoms with E-state index in [9.17, 15) is 4.79 Å². The first-order valence-corrected chi connectivity index (χ1v) is 6.99. The number of anilines is 3. The SMILES string of the molecule is Cc1ccncc1CNc1cc2c(cc1N)NC(=O)CC2. The molecule has 4 N–H and O–H groups in total. The molecule has 108 valence electrons. The zero-order chi connectivity index (χ0) is 14.8. The average Bonchev–Trinajstić information content (AvgIpc) is 2.46. The fourth-order valence-corrected chi connectivity index (χ4v) is 2.47. The van der Waals surface area contributed by atoms with Gasteiger partial charge in [-0.15, -0.1) is 0 Å². The number of nitrogens with zero attached hydrogens (tertiary/aromatic N) is 1. The van der Waals surface area contributed by atoms with Gasteiger partial charge in [0.15, 0.2) is 0 Å². The third kappa shape index (κ3) is 2.81. The molecule has 21 heavy (non-hydrogen) atoms. The molecule has 2 heterocycles. The van der Waals surface area contributed by atoms with Crippen molar-refractivity contribution in [1.29, 1.82) is 0 Å². The number of amides is 1. The van der Waals surface area contributed by atoms with Gasteiger partial charge in [-0.05, 0) is 48.2 Å². The zero-order valence-electron chi connectivity index (χ0n) is 11.9. The molecule has 0 fully saturated rings. The van der Waals surface area contributed by atoms with Crippen LogP contribution in [0.25, 0.3) is 0 Å². The molecule has 1 aliphatic rings. The summed E-state index contributed by atoms with van der Waals surface area (Å²) in [5.41, 5.74) is 11.9. The highest BCUT2D eigenvalue weighted by Crippen LogP contribution is 2.31. The molecule has 5 nitrogen and oxygen atoms in total. The lowest BCUT2D eigenvalue weighted by molar-refractivity contribution is -0.116. The average molecular weight is 282 g/mol. The summed E-state index contributed by atoms with van der Waals surface area (Å²) in [6.45, 7) is 2.74. The van der Waals surface area contributed by atoms with Gasteiger partial charge in [0, 0.05) is 31.0 Å². The number of nitrogen functional groups attached to an aromatic ring is 1. The first-order chi connectivity index (χ1) is 10.1. The van der Waals surface area contributed by atoms with Crippen LogP contribution in [-0.2, 0) is 17.8 Å². The molecule has 0 aliphatic carbocycles. The second kappa shape index (κ2) is 5.44. The van der Waals surface area contributed by atoms with Gasteiger partial charge in [0.25, 0.3) is 0 Å². The van der Waals surface area contributed by atoms with Gasteiger partial charge in [-0.3, -0.25) is 9.78 Å². The second-order valence-corrected chi connectivity index (χ2v) is 5.30. The molecule has 3 rings (SSSR count). The molecule has 1 aliphatic heterocycles. The molecule has 0 atom stereocenters. The summed E-state index contributed by atoms with van der Waals surface area (Å²) < 4.78 is 0. The van der Waals surface area contributed by atoms with Crippen molar-refractivity contribution < 1.29 is 4.79 Å². The van der Waals surface area contributed by atoms with Gasteiger partial charge in [-0.2, -0.15) is 0 Å². The molecule has 0 radical (unpaired) electrons. The van der Waals surface area contributed by atoms with Crippen LogP contribution in [0.15, 0.2) is 30.6 Å². The van der Waals surface area contributed by atoms with E-state index in [0.717, 1.165) is 28.9 Å². The number of rotatable bonds is 3. The molecular weight excluding hydrogens is 264 g/mol. The summed E-state index contributed by atoms with van der Waals surface area (Å²) in [6, 6.07) is 5.84. The third-order valence-electron chi connectivity index (χ3n) is 3.79. The first-order valence-electron chi connectivity index (χ1n) is 6.99. The lowest BCUT2D eigenvalue weighted by Crippen LogP contribution is -2.19. The smallest absolute Gasteiger partial charge is 0.224 e. The number of hydrogen-bond acceptors (Lipinski definition) is 4. The molecule has 1 aromatic carbocycles. The maximum Gasteiger partial charge on any atom is 0.224 e. The minimum Gasteiger partial charge on any atom is -0.397 e. The van der Waals surface area contributed by atoms with Crippen molar-refractivity contribution in [3.8, 4) is 0 Å². The molecule has 0 saturated heterocycles. The van der Waals surface area contributed by atoms with E-state index in [4.69, 9.17) is 5.73 Å². The third-order valence-corrected chi connectivity index (χ3v) is 3.79. The number of aryl methyl sites for hydroxylation is 2. The molecule has 1 amide bonds. The van der Waals surface area contributed by atoms with Crippen molar-refractivity contribution in [2.75, 3.05) is 16.4 Å². The Bertz CT molecular complexity index is 697. The fraction of sp³-hybridized carbons (Fsp3) is 0.250. The summed E-state index contributed by atoms with van der Waals surface area (Å²) in [4.78, 5) is 15.5. The van der Waals surface area contributed by atoms with Crippen molar-refractivity contribution in [3.05, 3.63) is 47.3 Å². The van der Waals surface area contributed by atoms with Crippen molar-refractivity contribution in [3.63, 3.8) is 0 Å². The highest BCUT2D eigenvalue weighted by molar-refractivity contribution is 5.95. The summed E-state index contributed by atoms with van der Waals surface area (Å²) in [5.74, 6) is 0.0496. The number of pyridine rings is 1. The standard InChI is InChI=1S/C16H18N4O/c1-10-4-5-18-8-12(10)9-19-15-6-11-2-3-16(21)20-14(11)7-13(15)17/h4-8,19H,2-3,9,17H2,1H3,(H,20,21).